The van der Waals surface area contributed by atoms with Gasteiger partial charge in [-0.05, 0) is 18.1 Å². The van der Waals surface area contributed by atoms with Crippen LogP contribution in [0.4, 0.5) is 4.39 Å². The lowest BCUT2D eigenvalue weighted by Gasteiger charge is -2.18. The van der Waals surface area contributed by atoms with Crippen molar-refractivity contribution >= 4 is 11.9 Å². The fourth-order valence-corrected chi connectivity index (χ4v) is 1.58. The van der Waals surface area contributed by atoms with Gasteiger partial charge < -0.3 is 15.2 Å². The minimum absolute atomic E-state index is 0.0657. The first-order valence-corrected chi connectivity index (χ1v) is 5.74. The molecule has 1 aromatic rings. The van der Waals surface area contributed by atoms with Crippen molar-refractivity contribution in [3.05, 3.63) is 29.6 Å². The summed E-state index contributed by atoms with van der Waals surface area (Å²) in [6.07, 6.45) is 0. The number of hydrogen-bond donors (Lipinski definition) is 2. The first kappa shape index (κ1) is 14.9. The molecule has 1 amide bonds. The lowest BCUT2D eigenvalue weighted by Crippen LogP contribution is -2.44. The Morgan fingerprint density at radius 2 is 2.00 bits per heavy atom. The summed E-state index contributed by atoms with van der Waals surface area (Å²) in [4.78, 5) is 22.9. The average molecular weight is 269 g/mol. The van der Waals surface area contributed by atoms with Crippen LogP contribution in [0.1, 0.15) is 24.2 Å². The third kappa shape index (κ3) is 3.43. The number of rotatable bonds is 5. The normalized spacial score (nSPS) is 12.1. The predicted octanol–water partition coefficient (Wildman–Crippen LogP) is 1.67. The molecule has 5 nitrogen and oxygen atoms in total. The van der Waals surface area contributed by atoms with Crippen LogP contribution in [0.2, 0.25) is 0 Å². The lowest BCUT2D eigenvalue weighted by atomic mass is 10.0. The molecule has 6 heteroatoms. The monoisotopic (exact) mass is 269 g/mol. The molecule has 2 N–H and O–H groups in total. The van der Waals surface area contributed by atoms with Crippen molar-refractivity contribution in [3.63, 3.8) is 0 Å². The lowest BCUT2D eigenvalue weighted by molar-refractivity contribution is -0.140. The molecule has 0 saturated carbocycles. The van der Waals surface area contributed by atoms with E-state index in [1.165, 1.54) is 25.3 Å². The minimum Gasteiger partial charge on any atom is -0.494 e. The Morgan fingerprint density at radius 3 is 2.47 bits per heavy atom. The maximum Gasteiger partial charge on any atom is 0.326 e. The zero-order valence-corrected chi connectivity index (χ0v) is 10.9. The largest absolute Gasteiger partial charge is 0.494 e. The summed E-state index contributed by atoms with van der Waals surface area (Å²) >= 11 is 0. The molecule has 0 heterocycles. The van der Waals surface area contributed by atoms with Crippen LogP contribution in [0, 0.1) is 11.7 Å². The van der Waals surface area contributed by atoms with E-state index in [0.29, 0.717) is 0 Å². The number of hydrogen-bond acceptors (Lipinski definition) is 3. The second-order valence-corrected chi connectivity index (χ2v) is 4.36. The maximum atomic E-state index is 13.8. The predicted molar refractivity (Wildman–Crippen MR) is 66.7 cm³/mol. The molecule has 1 aromatic carbocycles. The van der Waals surface area contributed by atoms with Crippen LogP contribution in [0.25, 0.3) is 0 Å². The van der Waals surface area contributed by atoms with Gasteiger partial charge in [-0.2, -0.15) is 0 Å². The molecule has 0 aromatic heterocycles. The molecular formula is C13H16FNO4. The van der Waals surface area contributed by atoms with Gasteiger partial charge in [-0.1, -0.05) is 19.9 Å². The zero-order chi connectivity index (χ0) is 14.6. The second-order valence-electron chi connectivity index (χ2n) is 4.36. The van der Waals surface area contributed by atoms with Crippen molar-refractivity contribution in [3.8, 4) is 5.75 Å². The van der Waals surface area contributed by atoms with Crippen LogP contribution in [0.5, 0.6) is 5.75 Å². The van der Waals surface area contributed by atoms with Gasteiger partial charge in [0.15, 0.2) is 11.6 Å². The summed E-state index contributed by atoms with van der Waals surface area (Å²) in [5.41, 5.74) is -0.244. The van der Waals surface area contributed by atoms with Gasteiger partial charge in [-0.15, -0.1) is 0 Å². The van der Waals surface area contributed by atoms with Crippen LogP contribution in [-0.2, 0) is 4.79 Å². The van der Waals surface area contributed by atoms with E-state index < -0.39 is 23.7 Å². The quantitative estimate of drug-likeness (QED) is 0.852. The van der Waals surface area contributed by atoms with Gasteiger partial charge in [0.2, 0.25) is 0 Å². The van der Waals surface area contributed by atoms with E-state index >= 15 is 0 Å². The molecule has 0 aliphatic carbocycles. The van der Waals surface area contributed by atoms with E-state index in [2.05, 4.69) is 5.32 Å². The second kappa shape index (κ2) is 6.17. The van der Waals surface area contributed by atoms with E-state index in [1.807, 2.05) is 0 Å². The van der Waals surface area contributed by atoms with Crippen molar-refractivity contribution in [2.45, 2.75) is 19.9 Å². The van der Waals surface area contributed by atoms with E-state index in [9.17, 15) is 14.0 Å². The number of carbonyl (C=O) groups excluding carboxylic acids is 1. The highest BCUT2D eigenvalue weighted by molar-refractivity contribution is 5.97. The first-order chi connectivity index (χ1) is 8.88. The van der Waals surface area contributed by atoms with Gasteiger partial charge in [0, 0.05) is 0 Å². The Hall–Kier alpha value is -2.11. The third-order valence-corrected chi connectivity index (χ3v) is 2.65. The van der Waals surface area contributed by atoms with Crippen molar-refractivity contribution in [2.75, 3.05) is 7.11 Å². The number of carbonyl (C=O) groups is 2. The van der Waals surface area contributed by atoms with Gasteiger partial charge in [0.05, 0.1) is 12.7 Å². The van der Waals surface area contributed by atoms with Crippen molar-refractivity contribution in [2.24, 2.45) is 5.92 Å². The molecule has 0 radical (unpaired) electrons. The minimum atomic E-state index is -1.16. The number of amides is 1. The molecule has 0 fully saturated rings. The summed E-state index contributed by atoms with van der Waals surface area (Å²) in [5.74, 6) is -3.13. The van der Waals surface area contributed by atoms with E-state index in [4.69, 9.17) is 9.84 Å². The Kier molecular flexibility index (Phi) is 4.86. The Labute approximate surface area is 110 Å². The number of carboxylic acids is 1. The smallest absolute Gasteiger partial charge is 0.326 e. The molecule has 1 rings (SSSR count). The molecule has 0 saturated heterocycles. The Balaban J connectivity index is 2.98. The summed E-state index contributed by atoms with van der Waals surface area (Å²) < 4.78 is 18.6. The van der Waals surface area contributed by atoms with Crippen LogP contribution >= 0.6 is 0 Å². The number of methoxy groups -OCH3 is 1. The molecule has 0 spiro atoms. The van der Waals surface area contributed by atoms with Crippen LogP contribution < -0.4 is 10.1 Å². The zero-order valence-electron chi connectivity index (χ0n) is 10.9. The molecule has 0 aliphatic heterocycles. The molecular weight excluding hydrogens is 253 g/mol. The number of carboxylic acid groups (broad SMARTS) is 1. The fraction of sp³-hybridized carbons (Fsp3) is 0.385. The summed E-state index contributed by atoms with van der Waals surface area (Å²) in [6, 6.07) is 3.04. The standard InChI is InChI=1S/C13H16FNO4/c1-7(2)11(13(17)18)15-12(16)8-5-4-6-9(19-3)10(8)14/h4-7,11H,1-3H3,(H,15,16)(H,17,18). The summed E-state index contributed by atoms with van der Waals surface area (Å²) in [6.45, 7) is 3.31. The number of ether oxygens (including phenoxy) is 1. The molecule has 0 bridgehead atoms. The topological polar surface area (TPSA) is 75.6 Å². The van der Waals surface area contributed by atoms with Crippen LogP contribution in [0.15, 0.2) is 18.2 Å². The molecule has 19 heavy (non-hydrogen) atoms. The van der Waals surface area contributed by atoms with Crippen LogP contribution in [0.3, 0.4) is 0 Å². The number of nitrogens with one attached hydrogen (secondary N) is 1. The van der Waals surface area contributed by atoms with Crippen LogP contribution in [-0.4, -0.2) is 30.1 Å². The molecule has 104 valence electrons. The third-order valence-electron chi connectivity index (χ3n) is 2.65. The number of benzene rings is 1. The van der Waals surface area contributed by atoms with Gasteiger partial charge in [-0.25, -0.2) is 9.18 Å². The van der Waals surface area contributed by atoms with Crippen molar-refractivity contribution in [1.82, 2.24) is 5.32 Å². The van der Waals surface area contributed by atoms with Gasteiger partial charge in [0.1, 0.15) is 6.04 Å². The van der Waals surface area contributed by atoms with E-state index in [1.54, 1.807) is 13.8 Å². The van der Waals surface area contributed by atoms with Crippen molar-refractivity contribution < 1.29 is 23.8 Å². The summed E-state index contributed by atoms with van der Waals surface area (Å²) in [5, 5.41) is 11.3. The SMILES string of the molecule is COc1cccc(C(=O)NC(C(=O)O)C(C)C)c1F. The Bertz CT molecular complexity index is 488. The molecule has 1 atom stereocenters. The Morgan fingerprint density at radius 1 is 1.37 bits per heavy atom. The van der Waals surface area contributed by atoms with Gasteiger partial charge >= 0.3 is 5.97 Å². The van der Waals surface area contributed by atoms with Gasteiger partial charge in [-0.3, -0.25) is 4.79 Å². The highest BCUT2D eigenvalue weighted by Crippen LogP contribution is 2.20. The van der Waals surface area contributed by atoms with Gasteiger partial charge in [0.25, 0.3) is 5.91 Å². The van der Waals surface area contributed by atoms with E-state index in [0.717, 1.165) is 0 Å². The molecule has 0 aliphatic rings. The average Bonchev–Trinajstić information content (AvgIpc) is 2.35. The maximum absolute atomic E-state index is 13.8. The summed E-state index contributed by atoms with van der Waals surface area (Å²) in [7, 11) is 1.29. The van der Waals surface area contributed by atoms with E-state index in [-0.39, 0.29) is 17.2 Å². The first-order valence-electron chi connectivity index (χ1n) is 5.74. The number of halogens is 1. The highest BCUT2D eigenvalue weighted by atomic mass is 19.1. The fourth-order valence-electron chi connectivity index (χ4n) is 1.58. The number of aliphatic carboxylic acids is 1. The highest BCUT2D eigenvalue weighted by Gasteiger charge is 2.25. The molecule has 1 unspecified atom stereocenters. The van der Waals surface area contributed by atoms with Crippen molar-refractivity contribution in [1.29, 1.82) is 0 Å².